The van der Waals surface area contributed by atoms with Crippen molar-refractivity contribution in [1.29, 1.82) is 0 Å². The van der Waals surface area contributed by atoms with Gasteiger partial charge in [0.05, 0.1) is 22.8 Å². The highest BCUT2D eigenvalue weighted by molar-refractivity contribution is 7.15. The van der Waals surface area contributed by atoms with E-state index in [0.29, 0.717) is 44.9 Å². The highest BCUT2D eigenvalue weighted by Crippen LogP contribution is 2.29. The molecule has 2 heterocycles. The van der Waals surface area contributed by atoms with Gasteiger partial charge in [-0.05, 0) is 49.2 Å². The lowest BCUT2D eigenvalue weighted by Crippen LogP contribution is -2.23. The maximum Gasteiger partial charge on any atom is 0.291 e. The molecule has 2 aromatic heterocycles. The minimum absolute atomic E-state index is 0.214. The fourth-order valence-electron chi connectivity index (χ4n) is 3.28. The van der Waals surface area contributed by atoms with Gasteiger partial charge in [-0.2, -0.15) is 9.50 Å². The molecule has 0 bridgehead atoms. The molecule has 0 fully saturated rings. The summed E-state index contributed by atoms with van der Waals surface area (Å²) in [6.07, 6.45) is 5.11. The smallest absolute Gasteiger partial charge is 0.291 e. The van der Waals surface area contributed by atoms with E-state index in [4.69, 9.17) is 21.1 Å². The van der Waals surface area contributed by atoms with E-state index in [2.05, 4.69) is 17.0 Å². The van der Waals surface area contributed by atoms with Crippen molar-refractivity contribution < 1.29 is 9.47 Å². The standard InChI is InChI=1S/C24H24ClN3O3S/c1-3-5-8-13-31-19-12-11-16(14-20(19)30-4-2)15-21-23(29)28-24(32-21)26-22(27-28)17-9-6-7-10-18(17)25/h6-7,9-12,14-15H,3-5,8,13H2,1-2H3/b21-15-. The van der Waals surface area contributed by atoms with Crippen molar-refractivity contribution in [2.45, 2.75) is 33.1 Å². The monoisotopic (exact) mass is 469 g/mol. The molecule has 4 rings (SSSR count). The number of thiazole rings is 1. The van der Waals surface area contributed by atoms with Crippen LogP contribution in [-0.2, 0) is 0 Å². The van der Waals surface area contributed by atoms with E-state index in [1.165, 1.54) is 15.9 Å². The molecule has 0 aliphatic rings. The van der Waals surface area contributed by atoms with E-state index in [1.54, 1.807) is 6.07 Å². The Balaban J connectivity index is 1.64. The Morgan fingerprint density at radius 2 is 1.94 bits per heavy atom. The van der Waals surface area contributed by atoms with Crippen molar-refractivity contribution in [1.82, 2.24) is 14.6 Å². The van der Waals surface area contributed by atoms with E-state index in [0.717, 1.165) is 30.6 Å². The molecule has 0 amide bonds. The summed E-state index contributed by atoms with van der Waals surface area (Å²) in [5.74, 6) is 1.83. The van der Waals surface area contributed by atoms with Crippen LogP contribution in [0.15, 0.2) is 47.3 Å². The van der Waals surface area contributed by atoms with Crippen LogP contribution in [0.3, 0.4) is 0 Å². The number of rotatable bonds is 9. The highest BCUT2D eigenvalue weighted by atomic mass is 35.5. The summed E-state index contributed by atoms with van der Waals surface area (Å²) in [7, 11) is 0. The fourth-order valence-corrected chi connectivity index (χ4v) is 4.41. The summed E-state index contributed by atoms with van der Waals surface area (Å²) < 4.78 is 13.5. The third kappa shape index (κ3) is 4.79. The minimum Gasteiger partial charge on any atom is -0.490 e. The lowest BCUT2D eigenvalue weighted by Gasteiger charge is -2.12. The molecular formula is C24H24ClN3O3S. The van der Waals surface area contributed by atoms with Crippen LogP contribution in [0.25, 0.3) is 22.4 Å². The van der Waals surface area contributed by atoms with Crippen LogP contribution in [0.5, 0.6) is 11.5 Å². The van der Waals surface area contributed by atoms with Crippen LogP contribution >= 0.6 is 22.9 Å². The molecule has 0 saturated heterocycles. The SMILES string of the molecule is CCCCCOc1ccc(/C=c2\sc3nc(-c4ccccc4Cl)nn3c2=O)cc1OCC. The number of aromatic nitrogens is 3. The quantitative estimate of drug-likeness (QED) is 0.323. The maximum atomic E-state index is 12.9. The Hall–Kier alpha value is -2.90. The first-order valence-corrected chi connectivity index (χ1v) is 11.9. The molecule has 8 heteroatoms. The number of halogens is 1. The zero-order valence-electron chi connectivity index (χ0n) is 18.0. The number of nitrogens with zero attached hydrogens (tertiary/aromatic N) is 3. The molecule has 2 aromatic carbocycles. The van der Waals surface area contributed by atoms with Gasteiger partial charge in [0.1, 0.15) is 0 Å². The maximum absolute atomic E-state index is 12.9. The van der Waals surface area contributed by atoms with Crippen molar-refractivity contribution in [2.24, 2.45) is 0 Å². The third-order valence-corrected chi connectivity index (χ3v) is 6.16. The number of hydrogen-bond donors (Lipinski definition) is 0. The molecule has 32 heavy (non-hydrogen) atoms. The summed E-state index contributed by atoms with van der Waals surface area (Å²) in [6.45, 7) is 5.28. The van der Waals surface area contributed by atoms with E-state index >= 15 is 0 Å². The normalized spacial score (nSPS) is 11.9. The predicted octanol–water partition coefficient (Wildman–Crippen LogP) is 4.99. The zero-order chi connectivity index (χ0) is 22.5. The number of unbranched alkanes of at least 4 members (excludes halogenated alkanes) is 2. The van der Waals surface area contributed by atoms with Gasteiger partial charge >= 0.3 is 0 Å². The molecule has 0 unspecified atom stereocenters. The van der Waals surface area contributed by atoms with Crippen molar-refractivity contribution in [2.75, 3.05) is 13.2 Å². The largest absolute Gasteiger partial charge is 0.490 e. The van der Waals surface area contributed by atoms with Gasteiger partial charge < -0.3 is 9.47 Å². The second-order valence-electron chi connectivity index (χ2n) is 7.22. The van der Waals surface area contributed by atoms with Crippen LogP contribution in [0.1, 0.15) is 38.7 Å². The predicted molar refractivity (Wildman–Crippen MR) is 129 cm³/mol. The Morgan fingerprint density at radius 3 is 2.69 bits per heavy atom. The molecular weight excluding hydrogens is 446 g/mol. The van der Waals surface area contributed by atoms with Gasteiger partial charge in [0.25, 0.3) is 5.56 Å². The molecule has 0 saturated carbocycles. The first-order valence-electron chi connectivity index (χ1n) is 10.7. The van der Waals surface area contributed by atoms with Gasteiger partial charge in [-0.1, -0.05) is 60.9 Å². The van der Waals surface area contributed by atoms with E-state index in [-0.39, 0.29) is 5.56 Å². The van der Waals surface area contributed by atoms with Gasteiger partial charge in [0, 0.05) is 5.56 Å². The average molecular weight is 470 g/mol. The minimum atomic E-state index is -0.214. The number of hydrogen-bond acceptors (Lipinski definition) is 6. The highest BCUT2D eigenvalue weighted by Gasteiger charge is 2.14. The summed E-state index contributed by atoms with van der Waals surface area (Å²) in [6, 6.07) is 13.0. The van der Waals surface area contributed by atoms with Crippen molar-refractivity contribution in [3.63, 3.8) is 0 Å². The van der Waals surface area contributed by atoms with Gasteiger partial charge in [-0.15, -0.1) is 5.10 Å². The lowest BCUT2D eigenvalue weighted by atomic mass is 10.2. The zero-order valence-corrected chi connectivity index (χ0v) is 19.6. The first kappa shape index (κ1) is 22.3. The first-order chi connectivity index (χ1) is 15.6. The van der Waals surface area contributed by atoms with Gasteiger partial charge in [-0.3, -0.25) is 4.79 Å². The van der Waals surface area contributed by atoms with Crippen LogP contribution < -0.4 is 19.6 Å². The van der Waals surface area contributed by atoms with Crippen molar-refractivity contribution in [3.8, 4) is 22.9 Å². The Morgan fingerprint density at radius 1 is 1.09 bits per heavy atom. The molecule has 0 aliphatic heterocycles. The topological polar surface area (TPSA) is 65.7 Å². The van der Waals surface area contributed by atoms with Gasteiger partial charge in [0.15, 0.2) is 17.3 Å². The molecule has 166 valence electrons. The lowest BCUT2D eigenvalue weighted by molar-refractivity contribution is 0.271. The van der Waals surface area contributed by atoms with Crippen molar-refractivity contribution in [3.05, 3.63) is 67.9 Å². The Bertz CT molecular complexity index is 1330. The molecule has 0 atom stereocenters. The number of benzene rings is 2. The van der Waals surface area contributed by atoms with Gasteiger partial charge in [-0.25, -0.2) is 0 Å². The average Bonchev–Trinajstić information content (AvgIpc) is 3.32. The van der Waals surface area contributed by atoms with Crippen LogP contribution in [0.2, 0.25) is 5.02 Å². The second kappa shape index (κ2) is 10.1. The van der Waals surface area contributed by atoms with E-state index < -0.39 is 0 Å². The summed E-state index contributed by atoms with van der Waals surface area (Å²) in [5, 5.41) is 4.92. The van der Waals surface area contributed by atoms with E-state index in [9.17, 15) is 4.79 Å². The van der Waals surface area contributed by atoms with Crippen LogP contribution in [-0.4, -0.2) is 27.8 Å². The van der Waals surface area contributed by atoms with Crippen LogP contribution in [0.4, 0.5) is 0 Å². The fraction of sp³-hybridized carbons (Fsp3) is 0.292. The van der Waals surface area contributed by atoms with Crippen LogP contribution in [0, 0.1) is 0 Å². The van der Waals surface area contributed by atoms with Crippen molar-refractivity contribution >= 4 is 34.0 Å². The van der Waals surface area contributed by atoms with Gasteiger partial charge in [0.2, 0.25) is 4.96 Å². The Kier molecular flexibility index (Phi) is 7.07. The number of ether oxygens (including phenoxy) is 2. The third-order valence-electron chi connectivity index (χ3n) is 4.87. The summed E-state index contributed by atoms with van der Waals surface area (Å²) in [4.78, 5) is 17.9. The second-order valence-corrected chi connectivity index (χ2v) is 8.64. The number of fused-ring (bicyclic) bond motifs is 1. The summed E-state index contributed by atoms with van der Waals surface area (Å²) >= 11 is 7.53. The van der Waals surface area contributed by atoms with E-state index in [1.807, 2.05) is 49.4 Å². The molecule has 0 spiro atoms. The molecule has 4 aromatic rings. The summed E-state index contributed by atoms with van der Waals surface area (Å²) in [5.41, 5.74) is 1.34. The molecule has 0 aliphatic carbocycles. The Labute approximate surface area is 195 Å². The molecule has 0 N–H and O–H groups in total. The molecule has 0 radical (unpaired) electrons. The molecule has 6 nitrogen and oxygen atoms in total.